The van der Waals surface area contributed by atoms with Crippen LogP contribution in [0, 0.1) is 0 Å². The third-order valence-electron chi connectivity index (χ3n) is 2.69. The van der Waals surface area contributed by atoms with E-state index in [4.69, 9.17) is 31.9 Å². The Labute approximate surface area is 111 Å². The fourth-order valence-corrected chi connectivity index (χ4v) is 1.90. The first kappa shape index (κ1) is 15.0. The molecule has 0 radical (unpaired) electrons. The molecular formula is C12H18ClNO4. The molecule has 18 heavy (non-hydrogen) atoms. The van der Waals surface area contributed by atoms with Gasteiger partial charge in [-0.25, -0.2) is 0 Å². The van der Waals surface area contributed by atoms with Crippen molar-refractivity contribution in [2.75, 3.05) is 20.8 Å². The lowest BCUT2D eigenvalue weighted by atomic mass is 10.00. The van der Waals surface area contributed by atoms with Gasteiger partial charge in [0.15, 0.2) is 11.5 Å². The molecule has 5 nitrogen and oxygen atoms in total. The third-order valence-corrected chi connectivity index (χ3v) is 3.02. The van der Waals surface area contributed by atoms with Crippen LogP contribution in [0.5, 0.6) is 11.5 Å². The Bertz CT molecular complexity index is 400. The van der Waals surface area contributed by atoms with Crippen molar-refractivity contribution in [2.24, 2.45) is 5.73 Å². The first-order chi connectivity index (χ1) is 8.54. The number of aliphatic hydroxyl groups excluding tert-OH is 2. The van der Waals surface area contributed by atoms with Crippen molar-refractivity contribution >= 4 is 11.6 Å². The van der Waals surface area contributed by atoms with Crippen LogP contribution in [0.2, 0.25) is 5.02 Å². The van der Waals surface area contributed by atoms with Crippen LogP contribution in [0.15, 0.2) is 12.1 Å². The van der Waals surface area contributed by atoms with Crippen molar-refractivity contribution in [3.8, 4) is 11.5 Å². The molecule has 1 aromatic carbocycles. The Morgan fingerprint density at radius 1 is 1.28 bits per heavy atom. The highest BCUT2D eigenvalue weighted by Gasteiger charge is 2.21. The molecule has 0 aromatic heterocycles. The minimum absolute atomic E-state index is 0.0941. The second-order valence-electron chi connectivity index (χ2n) is 3.85. The second-order valence-corrected chi connectivity index (χ2v) is 4.26. The van der Waals surface area contributed by atoms with E-state index in [-0.39, 0.29) is 13.0 Å². The summed E-state index contributed by atoms with van der Waals surface area (Å²) in [6, 6.07) is 2.55. The van der Waals surface area contributed by atoms with Gasteiger partial charge in [-0.05, 0) is 12.5 Å². The number of methoxy groups -OCH3 is 2. The van der Waals surface area contributed by atoms with E-state index in [0.717, 1.165) is 0 Å². The van der Waals surface area contributed by atoms with Gasteiger partial charge < -0.3 is 25.4 Å². The molecule has 4 N–H and O–H groups in total. The smallest absolute Gasteiger partial charge is 0.162 e. The lowest BCUT2D eigenvalue weighted by Crippen LogP contribution is -2.29. The Kier molecular flexibility index (Phi) is 5.68. The summed E-state index contributed by atoms with van der Waals surface area (Å²) in [6.45, 7) is -0.0941. The monoisotopic (exact) mass is 275 g/mol. The van der Waals surface area contributed by atoms with Gasteiger partial charge in [0, 0.05) is 24.3 Å². The van der Waals surface area contributed by atoms with E-state index in [0.29, 0.717) is 22.1 Å². The van der Waals surface area contributed by atoms with Gasteiger partial charge in [-0.3, -0.25) is 0 Å². The summed E-state index contributed by atoms with van der Waals surface area (Å²) in [5.41, 5.74) is 6.20. The van der Waals surface area contributed by atoms with E-state index in [1.165, 1.54) is 14.2 Å². The number of halogens is 1. The van der Waals surface area contributed by atoms with Gasteiger partial charge in [-0.1, -0.05) is 11.6 Å². The Morgan fingerprint density at radius 3 is 2.33 bits per heavy atom. The van der Waals surface area contributed by atoms with Gasteiger partial charge in [0.05, 0.1) is 25.3 Å². The minimum Gasteiger partial charge on any atom is -0.493 e. The van der Waals surface area contributed by atoms with Gasteiger partial charge in [0.1, 0.15) is 0 Å². The largest absolute Gasteiger partial charge is 0.493 e. The average Bonchev–Trinajstić information content (AvgIpc) is 2.37. The first-order valence-corrected chi connectivity index (χ1v) is 5.88. The van der Waals surface area contributed by atoms with Gasteiger partial charge >= 0.3 is 0 Å². The highest BCUT2D eigenvalue weighted by molar-refractivity contribution is 6.31. The lowest BCUT2D eigenvalue weighted by Gasteiger charge is -2.20. The molecule has 0 aliphatic heterocycles. The van der Waals surface area contributed by atoms with Gasteiger partial charge in [0.2, 0.25) is 0 Å². The second kappa shape index (κ2) is 6.80. The third kappa shape index (κ3) is 3.26. The molecule has 2 unspecified atom stereocenters. The van der Waals surface area contributed by atoms with E-state index in [2.05, 4.69) is 0 Å². The number of rotatable bonds is 6. The van der Waals surface area contributed by atoms with Crippen LogP contribution >= 0.6 is 11.6 Å². The van der Waals surface area contributed by atoms with Gasteiger partial charge in [0.25, 0.3) is 0 Å². The summed E-state index contributed by atoms with van der Waals surface area (Å²) in [4.78, 5) is 0. The van der Waals surface area contributed by atoms with Crippen molar-refractivity contribution < 1.29 is 19.7 Å². The van der Waals surface area contributed by atoms with Crippen molar-refractivity contribution in [1.82, 2.24) is 0 Å². The molecule has 2 atom stereocenters. The molecule has 0 bridgehead atoms. The molecule has 1 aromatic rings. The van der Waals surface area contributed by atoms with Crippen LogP contribution < -0.4 is 15.2 Å². The molecule has 6 heteroatoms. The SMILES string of the molecule is COc1cc(Cl)c(C(O)C(N)CCO)cc1OC. The molecule has 0 heterocycles. The number of hydrogen-bond acceptors (Lipinski definition) is 5. The Hall–Kier alpha value is -1.01. The highest BCUT2D eigenvalue weighted by Crippen LogP contribution is 2.36. The fourth-order valence-electron chi connectivity index (χ4n) is 1.63. The lowest BCUT2D eigenvalue weighted by molar-refractivity contribution is 0.129. The maximum Gasteiger partial charge on any atom is 0.162 e. The quantitative estimate of drug-likeness (QED) is 0.724. The Balaban J connectivity index is 3.08. The molecule has 0 saturated heterocycles. The van der Waals surface area contributed by atoms with E-state index in [9.17, 15) is 5.11 Å². The standard InChI is InChI=1S/C12H18ClNO4/c1-17-10-5-7(8(13)6-11(10)18-2)12(16)9(14)3-4-15/h5-6,9,12,15-16H,3-4,14H2,1-2H3. The van der Waals surface area contributed by atoms with Crippen LogP contribution in [-0.2, 0) is 0 Å². The topological polar surface area (TPSA) is 84.9 Å². The molecule has 0 spiro atoms. The Morgan fingerprint density at radius 2 is 1.83 bits per heavy atom. The van der Waals surface area contributed by atoms with Crippen molar-refractivity contribution in [2.45, 2.75) is 18.6 Å². The normalized spacial score (nSPS) is 14.1. The van der Waals surface area contributed by atoms with Crippen LogP contribution in [0.4, 0.5) is 0 Å². The molecule has 0 aliphatic carbocycles. The van der Waals surface area contributed by atoms with Crippen LogP contribution in [0.1, 0.15) is 18.1 Å². The van der Waals surface area contributed by atoms with Gasteiger partial charge in [-0.15, -0.1) is 0 Å². The summed E-state index contributed by atoms with van der Waals surface area (Å²) < 4.78 is 10.2. The summed E-state index contributed by atoms with van der Waals surface area (Å²) in [7, 11) is 3.00. The summed E-state index contributed by atoms with van der Waals surface area (Å²) in [6.07, 6.45) is -0.685. The molecule has 102 valence electrons. The van der Waals surface area contributed by atoms with Crippen molar-refractivity contribution in [3.05, 3.63) is 22.7 Å². The number of hydrogen-bond donors (Lipinski definition) is 3. The van der Waals surface area contributed by atoms with Crippen LogP contribution in [0.25, 0.3) is 0 Å². The molecule has 0 fully saturated rings. The summed E-state index contributed by atoms with van der Waals surface area (Å²) >= 11 is 6.06. The van der Waals surface area contributed by atoms with Crippen LogP contribution in [0.3, 0.4) is 0 Å². The highest BCUT2D eigenvalue weighted by atomic mass is 35.5. The van der Waals surface area contributed by atoms with E-state index in [1.54, 1.807) is 12.1 Å². The van der Waals surface area contributed by atoms with E-state index in [1.807, 2.05) is 0 Å². The average molecular weight is 276 g/mol. The first-order valence-electron chi connectivity index (χ1n) is 5.51. The number of nitrogens with two attached hydrogens (primary N) is 1. The van der Waals surface area contributed by atoms with Gasteiger partial charge in [-0.2, -0.15) is 0 Å². The maximum atomic E-state index is 10.1. The molecule has 1 rings (SSSR count). The predicted octanol–water partition coefficient (Wildman–Crippen LogP) is 1.10. The molecular weight excluding hydrogens is 258 g/mol. The number of aliphatic hydroxyl groups is 2. The van der Waals surface area contributed by atoms with Crippen molar-refractivity contribution in [1.29, 1.82) is 0 Å². The summed E-state index contributed by atoms with van der Waals surface area (Å²) in [5.74, 6) is 0.946. The number of benzene rings is 1. The minimum atomic E-state index is -0.968. The van der Waals surface area contributed by atoms with E-state index >= 15 is 0 Å². The zero-order valence-electron chi connectivity index (χ0n) is 10.4. The van der Waals surface area contributed by atoms with E-state index < -0.39 is 12.1 Å². The maximum absolute atomic E-state index is 10.1. The summed E-state index contributed by atoms with van der Waals surface area (Å²) in [5, 5.41) is 19.2. The van der Waals surface area contributed by atoms with Crippen molar-refractivity contribution in [3.63, 3.8) is 0 Å². The zero-order valence-corrected chi connectivity index (χ0v) is 11.1. The molecule has 0 amide bonds. The van der Waals surface area contributed by atoms with Crippen LogP contribution in [-0.4, -0.2) is 37.1 Å². The number of ether oxygens (including phenoxy) is 2. The predicted molar refractivity (Wildman–Crippen MR) is 69.2 cm³/mol. The zero-order chi connectivity index (χ0) is 13.7. The molecule has 0 saturated carbocycles. The fraction of sp³-hybridized carbons (Fsp3) is 0.500. The molecule has 0 aliphatic rings.